The fourth-order valence-electron chi connectivity index (χ4n) is 2.84. The van der Waals surface area contributed by atoms with Crippen LogP contribution >= 0.6 is 0 Å². The summed E-state index contributed by atoms with van der Waals surface area (Å²) in [4.78, 5) is 14.1. The number of amides is 2. The van der Waals surface area contributed by atoms with Crippen LogP contribution in [-0.2, 0) is 0 Å². The second-order valence-corrected chi connectivity index (χ2v) is 6.21. The predicted molar refractivity (Wildman–Crippen MR) is 89.7 cm³/mol. The Bertz CT molecular complexity index is 252. The van der Waals surface area contributed by atoms with Gasteiger partial charge in [-0.05, 0) is 51.7 Å². The summed E-state index contributed by atoms with van der Waals surface area (Å²) in [5, 5.41) is 5.85. The van der Waals surface area contributed by atoms with Gasteiger partial charge in [0.2, 0.25) is 0 Å². The Hall–Kier alpha value is -0.770. The van der Waals surface area contributed by atoms with Gasteiger partial charge in [-0.3, -0.25) is 0 Å². The minimum Gasteiger partial charge on any atom is -0.338 e. The highest BCUT2D eigenvalue weighted by atomic mass is 16.2. The molecular formula is C17H35N3O. The van der Waals surface area contributed by atoms with Crippen LogP contribution in [0.5, 0.6) is 0 Å². The van der Waals surface area contributed by atoms with Crippen molar-refractivity contribution in [2.75, 3.05) is 32.7 Å². The van der Waals surface area contributed by atoms with Crippen LogP contribution in [-0.4, -0.2) is 43.7 Å². The minimum absolute atomic E-state index is 0.000537. The van der Waals surface area contributed by atoms with E-state index in [2.05, 4.69) is 22.5 Å². The zero-order chi connectivity index (χ0) is 15.2. The maximum atomic E-state index is 11.5. The molecule has 1 saturated heterocycles. The van der Waals surface area contributed by atoms with Crippen molar-refractivity contribution in [2.24, 2.45) is 0 Å². The Morgan fingerprint density at radius 1 is 0.857 bits per heavy atom. The van der Waals surface area contributed by atoms with Crippen LogP contribution in [0.3, 0.4) is 0 Å². The predicted octanol–water partition coefficient (Wildman–Crippen LogP) is 3.52. The molecule has 1 aliphatic rings. The number of unbranched alkanes of at least 4 members (excludes halogenated alkanes) is 5. The number of piperidine rings is 1. The molecule has 0 aromatic carbocycles. The minimum atomic E-state index is -0.000537. The van der Waals surface area contributed by atoms with E-state index >= 15 is 0 Å². The normalized spacial score (nSPS) is 15.9. The zero-order valence-electron chi connectivity index (χ0n) is 14.0. The summed E-state index contributed by atoms with van der Waals surface area (Å²) in [6, 6.07) is -0.000537. The quantitative estimate of drug-likeness (QED) is 0.573. The van der Waals surface area contributed by atoms with Crippen LogP contribution in [0.4, 0.5) is 4.79 Å². The van der Waals surface area contributed by atoms with E-state index in [-0.39, 0.29) is 6.03 Å². The number of hydrogen-bond acceptors (Lipinski definition) is 2. The van der Waals surface area contributed by atoms with Crippen molar-refractivity contribution in [1.29, 1.82) is 0 Å². The smallest absolute Gasteiger partial charge is 0.314 e. The van der Waals surface area contributed by atoms with E-state index in [0.717, 1.165) is 25.9 Å². The number of nitrogens with zero attached hydrogens (tertiary/aromatic N) is 1. The number of carbonyl (C=O) groups excluding carboxylic acids is 1. The Balaban J connectivity index is 1.80. The Morgan fingerprint density at radius 3 is 2.14 bits per heavy atom. The lowest BCUT2D eigenvalue weighted by Crippen LogP contribution is -2.36. The first-order chi connectivity index (χ1) is 10.3. The molecule has 0 aromatic heterocycles. The van der Waals surface area contributed by atoms with Crippen LogP contribution in [0.1, 0.15) is 71.1 Å². The monoisotopic (exact) mass is 297 g/mol. The van der Waals surface area contributed by atoms with Crippen LogP contribution in [0.25, 0.3) is 0 Å². The first-order valence-electron chi connectivity index (χ1n) is 9.07. The third-order valence-electron chi connectivity index (χ3n) is 4.20. The first-order valence-corrected chi connectivity index (χ1v) is 9.07. The fraction of sp³-hybridized carbons (Fsp3) is 0.941. The van der Waals surface area contributed by atoms with E-state index in [4.69, 9.17) is 0 Å². The molecule has 0 saturated carbocycles. The van der Waals surface area contributed by atoms with E-state index in [1.54, 1.807) is 0 Å². The van der Waals surface area contributed by atoms with Crippen LogP contribution in [0.15, 0.2) is 0 Å². The van der Waals surface area contributed by atoms with Crippen molar-refractivity contribution in [2.45, 2.75) is 71.1 Å². The zero-order valence-corrected chi connectivity index (χ0v) is 14.0. The third-order valence-corrected chi connectivity index (χ3v) is 4.20. The molecular weight excluding hydrogens is 262 g/mol. The highest BCUT2D eigenvalue weighted by Crippen LogP contribution is 2.10. The van der Waals surface area contributed by atoms with Gasteiger partial charge >= 0.3 is 6.03 Å². The molecule has 2 N–H and O–H groups in total. The standard InChI is InChI=1S/C17H35N3O/c1-2-3-7-12-18-17(21)19-13-8-4-5-9-14-20-15-10-6-11-16-20/h2-16H2,1H3,(H2,18,19,21). The van der Waals surface area contributed by atoms with Gasteiger partial charge in [-0.15, -0.1) is 0 Å². The van der Waals surface area contributed by atoms with Gasteiger partial charge in [0.25, 0.3) is 0 Å². The number of rotatable bonds is 11. The van der Waals surface area contributed by atoms with Gasteiger partial charge in [-0.2, -0.15) is 0 Å². The molecule has 1 heterocycles. The summed E-state index contributed by atoms with van der Waals surface area (Å²) in [5.41, 5.74) is 0. The van der Waals surface area contributed by atoms with Crippen molar-refractivity contribution >= 4 is 6.03 Å². The Kier molecular flexibility index (Phi) is 11.3. The molecule has 0 spiro atoms. The molecule has 1 fully saturated rings. The van der Waals surface area contributed by atoms with Gasteiger partial charge in [-0.1, -0.05) is 39.0 Å². The van der Waals surface area contributed by atoms with Crippen molar-refractivity contribution in [1.82, 2.24) is 15.5 Å². The van der Waals surface area contributed by atoms with Crippen LogP contribution in [0, 0.1) is 0 Å². The second-order valence-electron chi connectivity index (χ2n) is 6.21. The molecule has 124 valence electrons. The summed E-state index contributed by atoms with van der Waals surface area (Å²) >= 11 is 0. The van der Waals surface area contributed by atoms with E-state index in [9.17, 15) is 4.79 Å². The van der Waals surface area contributed by atoms with E-state index < -0.39 is 0 Å². The van der Waals surface area contributed by atoms with Gasteiger partial charge < -0.3 is 15.5 Å². The van der Waals surface area contributed by atoms with Crippen molar-refractivity contribution in [3.63, 3.8) is 0 Å². The second kappa shape index (κ2) is 12.9. The summed E-state index contributed by atoms with van der Waals surface area (Å²) in [6.45, 7) is 7.66. The summed E-state index contributed by atoms with van der Waals surface area (Å²) in [7, 11) is 0. The fourth-order valence-corrected chi connectivity index (χ4v) is 2.84. The largest absolute Gasteiger partial charge is 0.338 e. The molecule has 0 radical (unpaired) electrons. The van der Waals surface area contributed by atoms with Crippen LogP contribution < -0.4 is 10.6 Å². The highest BCUT2D eigenvalue weighted by molar-refractivity contribution is 5.73. The first kappa shape index (κ1) is 18.3. The molecule has 2 amide bonds. The van der Waals surface area contributed by atoms with Gasteiger partial charge in [0.1, 0.15) is 0 Å². The lowest BCUT2D eigenvalue weighted by molar-refractivity contribution is 0.224. The Morgan fingerprint density at radius 2 is 1.48 bits per heavy atom. The van der Waals surface area contributed by atoms with Gasteiger partial charge in [0.15, 0.2) is 0 Å². The molecule has 0 aliphatic carbocycles. The maximum Gasteiger partial charge on any atom is 0.314 e. The SMILES string of the molecule is CCCCCNC(=O)NCCCCCCN1CCCCC1. The van der Waals surface area contributed by atoms with Gasteiger partial charge in [0.05, 0.1) is 0 Å². The van der Waals surface area contributed by atoms with Crippen LogP contribution in [0.2, 0.25) is 0 Å². The third kappa shape index (κ3) is 10.6. The topological polar surface area (TPSA) is 44.4 Å². The molecule has 4 nitrogen and oxygen atoms in total. The molecule has 1 rings (SSSR count). The number of nitrogens with one attached hydrogen (secondary N) is 2. The molecule has 0 unspecified atom stereocenters. The lowest BCUT2D eigenvalue weighted by Gasteiger charge is -2.26. The van der Waals surface area contributed by atoms with Gasteiger partial charge in [-0.25, -0.2) is 4.79 Å². The number of urea groups is 1. The summed E-state index contributed by atoms with van der Waals surface area (Å²) < 4.78 is 0. The molecule has 0 bridgehead atoms. The Labute approximate surface area is 131 Å². The number of carbonyl (C=O) groups is 1. The lowest BCUT2D eigenvalue weighted by atomic mass is 10.1. The summed E-state index contributed by atoms with van der Waals surface area (Å²) in [5.74, 6) is 0. The van der Waals surface area contributed by atoms with Crippen molar-refractivity contribution in [3.8, 4) is 0 Å². The molecule has 0 atom stereocenters. The van der Waals surface area contributed by atoms with Crippen molar-refractivity contribution in [3.05, 3.63) is 0 Å². The average Bonchev–Trinajstić information content (AvgIpc) is 2.51. The van der Waals surface area contributed by atoms with Gasteiger partial charge in [0, 0.05) is 13.1 Å². The number of likely N-dealkylation sites (tertiary alicyclic amines) is 1. The number of hydrogen-bond donors (Lipinski definition) is 2. The summed E-state index contributed by atoms with van der Waals surface area (Å²) in [6.07, 6.45) is 12.6. The maximum absolute atomic E-state index is 11.5. The van der Waals surface area contributed by atoms with E-state index in [0.29, 0.717) is 0 Å². The van der Waals surface area contributed by atoms with E-state index in [1.165, 1.54) is 71.0 Å². The van der Waals surface area contributed by atoms with Crippen molar-refractivity contribution < 1.29 is 4.79 Å². The molecule has 1 aliphatic heterocycles. The molecule has 21 heavy (non-hydrogen) atoms. The van der Waals surface area contributed by atoms with E-state index in [1.807, 2.05) is 0 Å². The average molecular weight is 297 g/mol. The highest BCUT2D eigenvalue weighted by Gasteiger charge is 2.08. The molecule has 0 aromatic rings. The molecule has 4 heteroatoms.